The number of aliphatic hydroxyl groups is 1. The molecular formula is C19H22O3. The van der Waals surface area contributed by atoms with Gasteiger partial charge in [-0.05, 0) is 42.5 Å². The molecule has 1 aromatic carbocycles. The van der Waals surface area contributed by atoms with Crippen molar-refractivity contribution in [3.05, 3.63) is 46.2 Å². The van der Waals surface area contributed by atoms with E-state index < -0.39 is 5.41 Å². The van der Waals surface area contributed by atoms with Crippen LogP contribution in [0.25, 0.3) is 6.08 Å². The average Bonchev–Trinajstić information content (AvgIpc) is 2.67. The van der Waals surface area contributed by atoms with E-state index in [2.05, 4.69) is 6.07 Å². The molecule has 22 heavy (non-hydrogen) atoms. The number of Topliss-reactive ketones (excluding diaryl/α,β-unsaturated/α-hetero) is 1. The van der Waals surface area contributed by atoms with Gasteiger partial charge in [-0.1, -0.05) is 32.1 Å². The van der Waals surface area contributed by atoms with Crippen molar-refractivity contribution in [1.29, 1.82) is 0 Å². The van der Waals surface area contributed by atoms with Gasteiger partial charge in [-0.25, -0.2) is 0 Å². The molecule has 1 N–H and O–H groups in total. The van der Waals surface area contributed by atoms with E-state index in [1.54, 1.807) is 7.11 Å². The molecule has 3 rings (SSSR count). The van der Waals surface area contributed by atoms with E-state index in [-0.39, 0.29) is 23.4 Å². The number of hydrogen-bond acceptors (Lipinski definition) is 3. The summed E-state index contributed by atoms with van der Waals surface area (Å²) in [6.45, 7) is 7.99. The van der Waals surface area contributed by atoms with Crippen molar-refractivity contribution < 1.29 is 14.6 Å². The number of hydrogen-bond donors (Lipinski definition) is 1. The summed E-state index contributed by atoms with van der Waals surface area (Å²) in [5, 5.41) is 10.4. The number of carbonyl (C=O) groups is 1. The van der Waals surface area contributed by atoms with E-state index in [4.69, 9.17) is 4.74 Å². The number of aryl methyl sites for hydroxylation is 1. The van der Waals surface area contributed by atoms with Gasteiger partial charge in [0.05, 0.1) is 12.5 Å². The normalized spacial score (nSPS) is 26.5. The molecule has 3 heteroatoms. The van der Waals surface area contributed by atoms with Gasteiger partial charge in [0.2, 0.25) is 5.78 Å². The Balaban J connectivity index is 2.32. The van der Waals surface area contributed by atoms with Crippen LogP contribution in [0.3, 0.4) is 0 Å². The zero-order valence-corrected chi connectivity index (χ0v) is 13.7. The number of rotatable bonds is 2. The van der Waals surface area contributed by atoms with Gasteiger partial charge < -0.3 is 9.84 Å². The Bertz CT molecular complexity index is 724. The first-order valence-corrected chi connectivity index (χ1v) is 7.66. The predicted octanol–water partition coefficient (Wildman–Crippen LogP) is 4.17. The largest absolute Gasteiger partial charge is 0.504 e. The van der Waals surface area contributed by atoms with E-state index in [0.29, 0.717) is 0 Å². The maximum atomic E-state index is 12.6. The zero-order valence-electron chi connectivity index (χ0n) is 13.7. The minimum absolute atomic E-state index is 0.0551. The lowest BCUT2D eigenvalue weighted by atomic mass is 9.66. The van der Waals surface area contributed by atoms with Gasteiger partial charge in [0.25, 0.3) is 0 Å². The molecule has 0 unspecified atom stereocenters. The third kappa shape index (κ3) is 1.78. The quantitative estimate of drug-likeness (QED) is 0.891. The molecule has 0 amide bonds. The fraction of sp³-hybridized carbons (Fsp3) is 0.421. The van der Waals surface area contributed by atoms with Gasteiger partial charge >= 0.3 is 0 Å². The Morgan fingerprint density at radius 2 is 2.00 bits per heavy atom. The van der Waals surface area contributed by atoms with Gasteiger partial charge in [-0.15, -0.1) is 0 Å². The van der Waals surface area contributed by atoms with Crippen LogP contribution in [0.4, 0.5) is 0 Å². The standard InChI is InChI=1S/C19H22O3/c1-10(2)15-16-13-8-11(3)9-14(22-5)12(13)6-7-19(16,4)18(21)17(15)20/h6-10,16,20H,1-5H3/t16-,19-/m0/s1. The van der Waals surface area contributed by atoms with Gasteiger partial charge in [-0.3, -0.25) is 4.79 Å². The molecule has 2 aliphatic rings. The number of ketones is 1. The Morgan fingerprint density at radius 3 is 2.59 bits per heavy atom. The smallest absolute Gasteiger partial charge is 0.207 e. The Labute approximate surface area is 131 Å². The first-order chi connectivity index (χ1) is 10.3. The van der Waals surface area contributed by atoms with Crippen molar-refractivity contribution in [2.75, 3.05) is 7.11 Å². The third-order valence-corrected chi connectivity index (χ3v) is 4.96. The number of allylic oxidation sites excluding steroid dienone is 3. The number of ether oxygens (including phenoxy) is 1. The molecule has 0 bridgehead atoms. The van der Waals surface area contributed by atoms with Crippen LogP contribution in [-0.2, 0) is 4.79 Å². The molecule has 0 spiro atoms. The lowest BCUT2D eigenvalue weighted by molar-refractivity contribution is -0.123. The van der Waals surface area contributed by atoms with Crippen molar-refractivity contribution in [3.63, 3.8) is 0 Å². The Morgan fingerprint density at radius 1 is 1.32 bits per heavy atom. The topological polar surface area (TPSA) is 46.5 Å². The maximum absolute atomic E-state index is 12.6. The van der Waals surface area contributed by atoms with Crippen molar-refractivity contribution in [2.24, 2.45) is 11.3 Å². The van der Waals surface area contributed by atoms with Crippen LogP contribution in [0.5, 0.6) is 5.75 Å². The van der Waals surface area contributed by atoms with Crippen molar-refractivity contribution >= 4 is 11.9 Å². The highest BCUT2D eigenvalue weighted by molar-refractivity contribution is 6.05. The van der Waals surface area contributed by atoms with Crippen LogP contribution in [0, 0.1) is 18.3 Å². The van der Waals surface area contributed by atoms with Crippen LogP contribution < -0.4 is 4.74 Å². The summed E-state index contributed by atoms with van der Waals surface area (Å²) >= 11 is 0. The molecule has 0 aliphatic heterocycles. The highest BCUT2D eigenvalue weighted by atomic mass is 16.5. The zero-order chi connectivity index (χ0) is 16.2. The molecule has 2 atom stereocenters. The third-order valence-electron chi connectivity index (χ3n) is 4.96. The summed E-state index contributed by atoms with van der Waals surface area (Å²) in [6.07, 6.45) is 3.88. The molecular weight excluding hydrogens is 276 g/mol. The molecule has 0 saturated heterocycles. The minimum atomic E-state index is -0.699. The fourth-order valence-corrected chi connectivity index (χ4v) is 3.88. The molecule has 0 radical (unpaired) electrons. The van der Waals surface area contributed by atoms with Crippen LogP contribution in [0.2, 0.25) is 0 Å². The molecule has 116 valence electrons. The van der Waals surface area contributed by atoms with Crippen LogP contribution in [0.15, 0.2) is 29.5 Å². The van der Waals surface area contributed by atoms with E-state index in [0.717, 1.165) is 28.0 Å². The van der Waals surface area contributed by atoms with Gasteiger partial charge in [0.1, 0.15) is 5.75 Å². The number of benzene rings is 1. The number of aliphatic hydroxyl groups excluding tert-OH is 1. The predicted molar refractivity (Wildman–Crippen MR) is 87.1 cm³/mol. The lowest BCUT2D eigenvalue weighted by Gasteiger charge is -2.35. The van der Waals surface area contributed by atoms with Crippen molar-refractivity contribution in [1.82, 2.24) is 0 Å². The molecule has 0 saturated carbocycles. The van der Waals surface area contributed by atoms with E-state index in [1.807, 2.05) is 45.9 Å². The van der Waals surface area contributed by atoms with Crippen LogP contribution in [0.1, 0.15) is 43.4 Å². The molecule has 2 aliphatic carbocycles. The maximum Gasteiger partial charge on any atom is 0.207 e. The van der Waals surface area contributed by atoms with Gasteiger partial charge in [-0.2, -0.15) is 0 Å². The van der Waals surface area contributed by atoms with Crippen molar-refractivity contribution in [3.8, 4) is 5.75 Å². The first kappa shape index (κ1) is 14.9. The second-order valence-electron chi connectivity index (χ2n) is 6.81. The molecule has 0 aromatic heterocycles. The monoisotopic (exact) mass is 298 g/mol. The summed E-state index contributed by atoms with van der Waals surface area (Å²) in [5.74, 6) is 0.578. The van der Waals surface area contributed by atoms with Crippen LogP contribution >= 0.6 is 0 Å². The van der Waals surface area contributed by atoms with Crippen LogP contribution in [-0.4, -0.2) is 18.0 Å². The summed E-state index contributed by atoms with van der Waals surface area (Å²) in [4.78, 5) is 12.6. The molecule has 1 aromatic rings. The summed E-state index contributed by atoms with van der Waals surface area (Å²) in [6, 6.07) is 4.11. The van der Waals surface area contributed by atoms with Gasteiger partial charge in [0, 0.05) is 11.5 Å². The Kier molecular flexibility index (Phi) is 3.20. The molecule has 0 fully saturated rings. The average molecular weight is 298 g/mol. The first-order valence-electron chi connectivity index (χ1n) is 7.66. The second kappa shape index (κ2) is 4.73. The highest BCUT2D eigenvalue weighted by Gasteiger charge is 2.53. The minimum Gasteiger partial charge on any atom is -0.504 e. The number of methoxy groups -OCH3 is 1. The summed E-state index contributed by atoms with van der Waals surface area (Å²) in [5.41, 5.74) is 3.32. The number of fused-ring (bicyclic) bond motifs is 3. The summed E-state index contributed by atoms with van der Waals surface area (Å²) < 4.78 is 5.51. The van der Waals surface area contributed by atoms with Crippen molar-refractivity contribution in [2.45, 2.75) is 33.6 Å². The second-order valence-corrected chi connectivity index (χ2v) is 6.81. The van der Waals surface area contributed by atoms with E-state index >= 15 is 0 Å². The molecule has 0 heterocycles. The lowest BCUT2D eigenvalue weighted by Crippen LogP contribution is -2.31. The number of carbonyl (C=O) groups excluding carboxylic acids is 1. The molecule has 3 nitrogen and oxygen atoms in total. The fourth-order valence-electron chi connectivity index (χ4n) is 3.88. The highest BCUT2D eigenvalue weighted by Crippen LogP contribution is 2.56. The Hall–Kier alpha value is -2.03. The van der Waals surface area contributed by atoms with E-state index in [9.17, 15) is 9.90 Å². The van der Waals surface area contributed by atoms with Gasteiger partial charge in [0.15, 0.2) is 5.76 Å². The van der Waals surface area contributed by atoms with E-state index in [1.165, 1.54) is 0 Å². The summed E-state index contributed by atoms with van der Waals surface area (Å²) in [7, 11) is 1.66. The SMILES string of the molecule is COc1cc(C)cc2c1C=C[C@]1(C)C(=O)C(O)=C(C(C)C)[C@H]21.